The van der Waals surface area contributed by atoms with E-state index in [9.17, 15) is 5.11 Å². The number of rotatable bonds is 1. The molecule has 1 heterocycles. The van der Waals surface area contributed by atoms with Crippen LogP contribution in [0.3, 0.4) is 0 Å². The number of hydrogen-bond donors (Lipinski definition) is 2. The van der Waals surface area contributed by atoms with Crippen LogP contribution in [0.5, 0.6) is 5.75 Å². The van der Waals surface area contributed by atoms with Gasteiger partial charge in [-0.05, 0) is 26.0 Å². The van der Waals surface area contributed by atoms with Crippen molar-refractivity contribution < 1.29 is 5.11 Å². The summed E-state index contributed by atoms with van der Waals surface area (Å²) in [6.07, 6.45) is 0. The quantitative estimate of drug-likeness (QED) is 0.714. The van der Waals surface area contributed by atoms with Crippen molar-refractivity contribution in [1.29, 1.82) is 0 Å². The second kappa shape index (κ2) is 3.40. The Morgan fingerprint density at radius 3 is 3.07 bits per heavy atom. The van der Waals surface area contributed by atoms with Gasteiger partial charge in [0.25, 0.3) is 0 Å². The molecule has 1 aromatic carbocycles. The van der Waals surface area contributed by atoms with E-state index in [0.29, 0.717) is 11.8 Å². The van der Waals surface area contributed by atoms with Crippen LogP contribution in [-0.2, 0) is 0 Å². The summed E-state index contributed by atoms with van der Waals surface area (Å²) < 4.78 is 0. The molecule has 2 N–H and O–H groups in total. The van der Waals surface area contributed by atoms with E-state index in [4.69, 9.17) is 0 Å². The average molecular weight is 192 g/mol. The third kappa shape index (κ3) is 1.29. The molecule has 0 aliphatic carbocycles. The summed E-state index contributed by atoms with van der Waals surface area (Å²) in [5.41, 5.74) is 1.97. The number of hydrogen-bond acceptors (Lipinski definition) is 3. The molecule has 1 atom stereocenters. The summed E-state index contributed by atoms with van der Waals surface area (Å²) in [6.45, 7) is 6.13. The van der Waals surface area contributed by atoms with Crippen molar-refractivity contribution in [1.82, 2.24) is 0 Å². The lowest BCUT2D eigenvalue weighted by atomic mass is 10.1. The highest BCUT2D eigenvalue weighted by molar-refractivity contribution is 5.78. The summed E-state index contributed by atoms with van der Waals surface area (Å²) in [5.74, 6) is 0.364. The molecule has 1 aliphatic rings. The normalized spacial score (nSPS) is 20.1. The number of aromatic hydroxyl groups is 1. The van der Waals surface area contributed by atoms with Crippen molar-refractivity contribution in [3.63, 3.8) is 0 Å². The molecule has 0 saturated heterocycles. The van der Waals surface area contributed by atoms with Gasteiger partial charge in [0, 0.05) is 19.1 Å². The molecule has 0 spiro atoms. The van der Waals surface area contributed by atoms with Crippen LogP contribution in [0.2, 0.25) is 0 Å². The monoisotopic (exact) mass is 192 g/mol. The Balaban J connectivity index is 2.49. The Hall–Kier alpha value is -1.38. The van der Waals surface area contributed by atoms with Crippen LogP contribution < -0.4 is 10.2 Å². The fourth-order valence-corrected chi connectivity index (χ4v) is 2.03. The molecule has 1 aliphatic heterocycles. The number of nitrogens with zero attached hydrogens (tertiary/aromatic N) is 1. The molecule has 76 valence electrons. The molecular weight excluding hydrogens is 176 g/mol. The lowest BCUT2D eigenvalue weighted by Gasteiger charge is -2.37. The van der Waals surface area contributed by atoms with Crippen molar-refractivity contribution in [2.75, 3.05) is 23.3 Å². The van der Waals surface area contributed by atoms with E-state index in [1.165, 1.54) is 0 Å². The Bertz CT molecular complexity index is 338. The van der Waals surface area contributed by atoms with Gasteiger partial charge in [-0.3, -0.25) is 0 Å². The van der Waals surface area contributed by atoms with Crippen LogP contribution in [0, 0.1) is 0 Å². The third-order valence-electron chi connectivity index (χ3n) is 2.76. The Morgan fingerprint density at radius 2 is 2.36 bits per heavy atom. The molecule has 0 aromatic heterocycles. The maximum absolute atomic E-state index is 9.79. The van der Waals surface area contributed by atoms with Crippen LogP contribution >= 0.6 is 0 Å². The molecule has 1 aromatic rings. The molecule has 0 saturated carbocycles. The summed E-state index contributed by atoms with van der Waals surface area (Å²) in [4.78, 5) is 2.22. The van der Waals surface area contributed by atoms with Crippen molar-refractivity contribution >= 4 is 11.4 Å². The van der Waals surface area contributed by atoms with E-state index < -0.39 is 0 Å². The van der Waals surface area contributed by atoms with E-state index >= 15 is 0 Å². The fourth-order valence-electron chi connectivity index (χ4n) is 2.03. The zero-order valence-electron chi connectivity index (χ0n) is 8.62. The van der Waals surface area contributed by atoms with Crippen molar-refractivity contribution in [3.05, 3.63) is 18.2 Å². The third-order valence-corrected chi connectivity index (χ3v) is 2.76. The summed E-state index contributed by atoms with van der Waals surface area (Å²) >= 11 is 0. The van der Waals surface area contributed by atoms with Gasteiger partial charge < -0.3 is 15.3 Å². The molecule has 3 heteroatoms. The second-order valence-corrected chi connectivity index (χ2v) is 3.69. The molecule has 3 nitrogen and oxygen atoms in total. The number of phenolic OH excluding ortho intramolecular Hbond substituents is 1. The zero-order valence-corrected chi connectivity index (χ0v) is 8.62. The number of para-hydroxylation sites is 1. The largest absolute Gasteiger partial charge is 0.506 e. The second-order valence-electron chi connectivity index (χ2n) is 3.69. The molecule has 0 radical (unpaired) electrons. The van der Waals surface area contributed by atoms with Crippen LogP contribution in [-0.4, -0.2) is 24.2 Å². The van der Waals surface area contributed by atoms with Gasteiger partial charge in [0.05, 0.1) is 5.69 Å². The Morgan fingerprint density at radius 1 is 1.57 bits per heavy atom. The Kier molecular flexibility index (Phi) is 2.23. The molecule has 0 fully saturated rings. The highest BCUT2D eigenvalue weighted by Crippen LogP contribution is 2.38. The minimum absolute atomic E-state index is 0.364. The van der Waals surface area contributed by atoms with Gasteiger partial charge in [0.15, 0.2) is 0 Å². The van der Waals surface area contributed by atoms with Crippen molar-refractivity contribution in [2.24, 2.45) is 0 Å². The SMILES string of the molecule is CCN1c2c(O)cccc2NCC1C. The van der Waals surface area contributed by atoms with Gasteiger partial charge in [-0.1, -0.05) is 6.07 Å². The standard InChI is InChI=1S/C11H16N2O/c1-3-13-8(2)7-12-9-5-4-6-10(14)11(9)13/h4-6,8,12,14H,3,7H2,1-2H3. The van der Waals surface area contributed by atoms with Gasteiger partial charge in [0.2, 0.25) is 0 Å². The number of phenols is 1. The average Bonchev–Trinajstić information content (AvgIpc) is 2.19. The van der Waals surface area contributed by atoms with Crippen LogP contribution in [0.15, 0.2) is 18.2 Å². The highest BCUT2D eigenvalue weighted by atomic mass is 16.3. The number of fused-ring (bicyclic) bond motifs is 1. The summed E-state index contributed by atoms with van der Waals surface area (Å²) in [7, 11) is 0. The number of benzene rings is 1. The smallest absolute Gasteiger partial charge is 0.141 e. The first-order chi connectivity index (χ1) is 6.74. The van der Waals surface area contributed by atoms with E-state index in [-0.39, 0.29) is 0 Å². The van der Waals surface area contributed by atoms with Gasteiger partial charge in [-0.2, -0.15) is 0 Å². The van der Waals surface area contributed by atoms with E-state index in [1.807, 2.05) is 12.1 Å². The predicted octanol–water partition coefficient (Wildman–Crippen LogP) is 2.03. The van der Waals surface area contributed by atoms with E-state index in [0.717, 1.165) is 24.5 Å². The van der Waals surface area contributed by atoms with Gasteiger partial charge in [0.1, 0.15) is 11.4 Å². The van der Waals surface area contributed by atoms with E-state index in [2.05, 4.69) is 24.1 Å². The van der Waals surface area contributed by atoms with Crippen LogP contribution in [0.4, 0.5) is 11.4 Å². The minimum Gasteiger partial charge on any atom is -0.506 e. The number of likely N-dealkylation sites (N-methyl/N-ethyl adjacent to an activating group) is 1. The lowest BCUT2D eigenvalue weighted by molar-refractivity contribution is 0.470. The predicted molar refractivity (Wildman–Crippen MR) is 59.1 cm³/mol. The van der Waals surface area contributed by atoms with E-state index in [1.54, 1.807) is 6.07 Å². The van der Waals surface area contributed by atoms with Crippen molar-refractivity contribution in [2.45, 2.75) is 19.9 Å². The maximum Gasteiger partial charge on any atom is 0.141 e. The van der Waals surface area contributed by atoms with Gasteiger partial charge in [-0.25, -0.2) is 0 Å². The first-order valence-corrected chi connectivity index (χ1v) is 5.06. The van der Waals surface area contributed by atoms with Crippen molar-refractivity contribution in [3.8, 4) is 5.75 Å². The van der Waals surface area contributed by atoms with Crippen LogP contribution in [0.25, 0.3) is 0 Å². The topological polar surface area (TPSA) is 35.5 Å². The lowest BCUT2D eigenvalue weighted by Crippen LogP contribution is -2.41. The maximum atomic E-state index is 9.79. The Labute approximate surface area is 84.4 Å². The molecule has 2 rings (SSSR count). The fraction of sp³-hybridized carbons (Fsp3) is 0.455. The molecular formula is C11H16N2O. The molecule has 0 amide bonds. The molecule has 14 heavy (non-hydrogen) atoms. The minimum atomic E-state index is 0.364. The molecule has 0 bridgehead atoms. The summed E-state index contributed by atoms with van der Waals surface area (Å²) in [6, 6.07) is 6.04. The van der Waals surface area contributed by atoms with Gasteiger partial charge >= 0.3 is 0 Å². The zero-order chi connectivity index (χ0) is 10.1. The first kappa shape index (κ1) is 9.19. The molecule has 1 unspecified atom stereocenters. The summed E-state index contributed by atoms with van der Waals surface area (Å²) in [5, 5.41) is 13.1. The number of anilines is 2. The van der Waals surface area contributed by atoms with Gasteiger partial charge in [-0.15, -0.1) is 0 Å². The first-order valence-electron chi connectivity index (χ1n) is 5.06. The highest BCUT2D eigenvalue weighted by Gasteiger charge is 2.23. The number of nitrogens with one attached hydrogen (secondary N) is 1. The van der Waals surface area contributed by atoms with Crippen LogP contribution in [0.1, 0.15) is 13.8 Å².